The molecule has 0 atom stereocenters. The average Bonchev–Trinajstić information content (AvgIpc) is 2.78. The van der Waals surface area contributed by atoms with Crippen LogP contribution in [0.4, 0.5) is 4.79 Å². The second-order valence-corrected chi connectivity index (χ2v) is 3.56. The first-order chi connectivity index (χ1) is 8.58. The van der Waals surface area contributed by atoms with E-state index in [0.29, 0.717) is 5.76 Å². The first-order valence-corrected chi connectivity index (χ1v) is 5.40. The van der Waals surface area contributed by atoms with Gasteiger partial charge in [0.2, 0.25) is 5.91 Å². The van der Waals surface area contributed by atoms with E-state index >= 15 is 0 Å². The van der Waals surface area contributed by atoms with Crippen LogP contribution in [0.2, 0.25) is 0 Å². The monoisotopic (exact) mass is 254 g/mol. The molecule has 3 N–H and O–H groups in total. The Kier molecular flexibility index (Phi) is 5.43. The van der Waals surface area contributed by atoms with Gasteiger partial charge in [0.15, 0.2) is 0 Å². The van der Waals surface area contributed by atoms with Gasteiger partial charge >= 0.3 is 12.0 Å². The van der Waals surface area contributed by atoms with Gasteiger partial charge in [-0.3, -0.25) is 14.9 Å². The summed E-state index contributed by atoms with van der Waals surface area (Å²) in [7, 11) is 0. The number of furan rings is 1. The molecule has 0 aliphatic carbocycles. The second-order valence-electron chi connectivity index (χ2n) is 3.56. The first kappa shape index (κ1) is 13.8. The highest BCUT2D eigenvalue weighted by Crippen LogP contribution is 1.98. The van der Waals surface area contributed by atoms with E-state index in [4.69, 9.17) is 9.52 Å². The van der Waals surface area contributed by atoms with Crippen LogP contribution in [-0.2, 0) is 16.1 Å². The number of carbonyl (C=O) groups is 3. The van der Waals surface area contributed by atoms with Crippen molar-refractivity contribution in [2.45, 2.75) is 25.8 Å². The van der Waals surface area contributed by atoms with Crippen LogP contribution >= 0.6 is 0 Å². The predicted octanol–water partition coefficient (Wildman–Crippen LogP) is 0.860. The fourth-order valence-corrected chi connectivity index (χ4v) is 1.21. The minimum atomic E-state index is -0.968. The normalized spacial score (nSPS) is 9.78. The summed E-state index contributed by atoms with van der Waals surface area (Å²) in [5, 5.41) is 12.9. The molecule has 3 amide bonds. The molecule has 0 saturated heterocycles. The van der Waals surface area contributed by atoms with Crippen molar-refractivity contribution in [3.05, 3.63) is 24.2 Å². The van der Waals surface area contributed by atoms with Crippen LogP contribution < -0.4 is 10.6 Å². The van der Waals surface area contributed by atoms with Crippen molar-refractivity contribution >= 4 is 17.9 Å². The number of imide groups is 1. The molecule has 0 aromatic carbocycles. The Morgan fingerprint density at radius 2 is 2.06 bits per heavy atom. The minimum Gasteiger partial charge on any atom is -0.481 e. The number of carboxylic acid groups (broad SMARTS) is 1. The summed E-state index contributed by atoms with van der Waals surface area (Å²) in [6, 6.07) is 2.74. The summed E-state index contributed by atoms with van der Waals surface area (Å²) in [4.78, 5) is 32.7. The molecular weight excluding hydrogens is 240 g/mol. The van der Waals surface area contributed by atoms with E-state index in [-0.39, 0.29) is 25.8 Å². The molecule has 0 aliphatic rings. The molecule has 7 nitrogen and oxygen atoms in total. The van der Waals surface area contributed by atoms with Gasteiger partial charge in [0.05, 0.1) is 12.8 Å². The number of nitrogens with one attached hydrogen (secondary N) is 2. The maximum absolute atomic E-state index is 11.2. The Hall–Kier alpha value is -2.31. The number of carbonyl (C=O) groups excluding carboxylic acids is 2. The van der Waals surface area contributed by atoms with E-state index < -0.39 is 17.9 Å². The molecule has 0 spiro atoms. The van der Waals surface area contributed by atoms with Gasteiger partial charge in [-0.2, -0.15) is 0 Å². The molecule has 98 valence electrons. The van der Waals surface area contributed by atoms with E-state index in [0.717, 1.165) is 0 Å². The zero-order valence-corrected chi connectivity index (χ0v) is 9.64. The van der Waals surface area contributed by atoms with Crippen molar-refractivity contribution in [1.29, 1.82) is 0 Å². The van der Waals surface area contributed by atoms with Gasteiger partial charge in [-0.1, -0.05) is 0 Å². The summed E-state index contributed by atoms with van der Waals surface area (Å²) < 4.78 is 4.99. The fraction of sp³-hybridized carbons (Fsp3) is 0.364. The van der Waals surface area contributed by atoms with Gasteiger partial charge in [-0.05, 0) is 18.6 Å². The highest BCUT2D eigenvalue weighted by atomic mass is 16.4. The summed E-state index contributed by atoms with van der Waals surface area (Å²) >= 11 is 0. The van der Waals surface area contributed by atoms with Gasteiger partial charge in [-0.15, -0.1) is 0 Å². The summed E-state index contributed by atoms with van der Waals surface area (Å²) in [5.41, 5.74) is 0. The second kappa shape index (κ2) is 7.10. The van der Waals surface area contributed by atoms with Crippen LogP contribution in [0.5, 0.6) is 0 Å². The molecule has 0 radical (unpaired) electrons. The van der Waals surface area contributed by atoms with Crippen molar-refractivity contribution in [3.63, 3.8) is 0 Å². The third kappa shape index (κ3) is 5.69. The van der Waals surface area contributed by atoms with E-state index in [1.54, 1.807) is 12.1 Å². The van der Waals surface area contributed by atoms with Crippen LogP contribution in [0.3, 0.4) is 0 Å². The minimum absolute atomic E-state index is 0.000468. The Balaban J connectivity index is 2.15. The highest BCUT2D eigenvalue weighted by molar-refractivity contribution is 5.94. The molecule has 1 rings (SSSR count). The fourth-order valence-electron chi connectivity index (χ4n) is 1.21. The van der Waals surface area contributed by atoms with Crippen molar-refractivity contribution in [2.75, 3.05) is 0 Å². The maximum Gasteiger partial charge on any atom is 0.321 e. The molecule has 18 heavy (non-hydrogen) atoms. The number of urea groups is 1. The van der Waals surface area contributed by atoms with Gasteiger partial charge in [0.1, 0.15) is 5.76 Å². The smallest absolute Gasteiger partial charge is 0.321 e. The maximum atomic E-state index is 11.2. The molecule has 1 heterocycles. The highest BCUT2D eigenvalue weighted by Gasteiger charge is 2.08. The Morgan fingerprint density at radius 3 is 2.67 bits per heavy atom. The number of amides is 3. The van der Waals surface area contributed by atoms with Crippen molar-refractivity contribution in [1.82, 2.24) is 10.6 Å². The molecule has 0 aliphatic heterocycles. The molecule has 0 saturated carbocycles. The number of hydrogen-bond acceptors (Lipinski definition) is 4. The number of rotatable bonds is 6. The van der Waals surface area contributed by atoms with Crippen LogP contribution in [0.25, 0.3) is 0 Å². The average molecular weight is 254 g/mol. The summed E-state index contributed by atoms with van der Waals surface area (Å²) in [5.74, 6) is -0.901. The number of carboxylic acids is 1. The number of aliphatic carboxylic acids is 1. The van der Waals surface area contributed by atoms with Crippen molar-refractivity contribution < 1.29 is 23.9 Å². The first-order valence-electron chi connectivity index (χ1n) is 5.40. The molecule has 0 unspecified atom stereocenters. The zero-order valence-electron chi connectivity index (χ0n) is 9.64. The lowest BCUT2D eigenvalue weighted by molar-refractivity contribution is -0.137. The van der Waals surface area contributed by atoms with Gasteiger partial charge in [0, 0.05) is 12.8 Å². The SMILES string of the molecule is O=C(O)CCCC(=O)NC(=O)NCc1ccco1. The van der Waals surface area contributed by atoms with E-state index in [2.05, 4.69) is 10.6 Å². The van der Waals surface area contributed by atoms with E-state index in [1.165, 1.54) is 6.26 Å². The van der Waals surface area contributed by atoms with Crippen molar-refractivity contribution in [3.8, 4) is 0 Å². The van der Waals surface area contributed by atoms with Crippen LogP contribution in [-0.4, -0.2) is 23.0 Å². The summed E-state index contributed by atoms with van der Waals surface area (Å²) in [6.45, 7) is 0.182. The quantitative estimate of drug-likeness (QED) is 0.697. The topological polar surface area (TPSA) is 109 Å². The molecule has 0 bridgehead atoms. The number of hydrogen-bond donors (Lipinski definition) is 3. The Bertz CT molecular complexity index is 413. The standard InChI is InChI=1S/C11H14N2O5/c14-9(4-1-5-10(15)16)13-11(17)12-7-8-3-2-6-18-8/h2-3,6H,1,4-5,7H2,(H,15,16)(H2,12,13,14,17). The van der Waals surface area contributed by atoms with Crippen LogP contribution in [0.15, 0.2) is 22.8 Å². The molecular formula is C11H14N2O5. The van der Waals surface area contributed by atoms with Crippen LogP contribution in [0, 0.1) is 0 Å². The largest absolute Gasteiger partial charge is 0.481 e. The van der Waals surface area contributed by atoms with Gasteiger partial charge < -0.3 is 14.8 Å². The molecule has 0 fully saturated rings. The van der Waals surface area contributed by atoms with Crippen molar-refractivity contribution in [2.24, 2.45) is 0 Å². The van der Waals surface area contributed by atoms with E-state index in [9.17, 15) is 14.4 Å². The zero-order chi connectivity index (χ0) is 13.4. The lowest BCUT2D eigenvalue weighted by Gasteiger charge is -2.04. The predicted molar refractivity (Wildman–Crippen MR) is 60.6 cm³/mol. The third-order valence-electron chi connectivity index (χ3n) is 2.05. The molecule has 1 aromatic heterocycles. The molecule has 7 heteroatoms. The lowest BCUT2D eigenvalue weighted by Crippen LogP contribution is -2.38. The van der Waals surface area contributed by atoms with Gasteiger partial charge in [0.25, 0.3) is 0 Å². The molecule has 1 aromatic rings. The summed E-state index contributed by atoms with van der Waals surface area (Å²) in [6.07, 6.45) is 1.58. The third-order valence-corrected chi connectivity index (χ3v) is 2.05. The van der Waals surface area contributed by atoms with Crippen LogP contribution in [0.1, 0.15) is 25.0 Å². The Morgan fingerprint density at radius 1 is 1.28 bits per heavy atom. The van der Waals surface area contributed by atoms with E-state index in [1.807, 2.05) is 0 Å². The van der Waals surface area contributed by atoms with Gasteiger partial charge in [-0.25, -0.2) is 4.79 Å². The lowest BCUT2D eigenvalue weighted by atomic mass is 10.2. The Labute approximate surface area is 103 Å².